The Morgan fingerprint density at radius 1 is 1.50 bits per heavy atom. The zero-order valence-corrected chi connectivity index (χ0v) is 8.03. The number of aliphatic carboxylic acids is 1. The van der Waals surface area contributed by atoms with Gasteiger partial charge in [0, 0.05) is 6.04 Å². The lowest BCUT2D eigenvalue weighted by Gasteiger charge is -2.28. The molecule has 1 aromatic carbocycles. The van der Waals surface area contributed by atoms with E-state index in [9.17, 15) is 4.79 Å². The second kappa shape index (κ2) is 3.42. The van der Waals surface area contributed by atoms with E-state index in [1.807, 2.05) is 31.2 Å². The molecule has 2 atom stereocenters. The number of hydrogen-bond donors (Lipinski definition) is 2. The average molecular weight is 191 g/mol. The van der Waals surface area contributed by atoms with Crippen molar-refractivity contribution in [1.29, 1.82) is 0 Å². The minimum Gasteiger partial charge on any atom is -0.480 e. The van der Waals surface area contributed by atoms with Crippen LogP contribution in [-0.4, -0.2) is 17.1 Å². The topological polar surface area (TPSA) is 49.3 Å². The summed E-state index contributed by atoms with van der Waals surface area (Å²) >= 11 is 0. The molecule has 1 heterocycles. The molecule has 74 valence electrons. The molecule has 0 radical (unpaired) electrons. The molecule has 0 saturated carbocycles. The molecule has 3 heteroatoms. The van der Waals surface area contributed by atoms with Crippen LogP contribution in [0.25, 0.3) is 0 Å². The van der Waals surface area contributed by atoms with E-state index in [-0.39, 0.29) is 6.04 Å². The van der Waals surface area contributed by atoms with Crippen LogP contribution < -0.4 is 5.32 Å². The van der Waals surface area contributed by atoms with Gasteiger partial charge in [-0.3, -0.25) is 10.1 Å². The molecule has 1 aromatic rings. The molecule has 2 N–H and O–H groups in total. The summed E-state index contributed by atoms with van der Waals surface area (Å²) in [6.07, 6.45) is 0.579. The fraction of sp³-hybridized carbons (Fsp3) is 0.364. The van der Waals surface area contributed by atoms with Crippen LogP contribution in [0.4, 0.5) is 0 Å². The van der Waals surface area contributed by atoms with Crippen LogP contribution in [0.15, 0.2) is 24.3 Å². The predicted molar refractivity (Wildman–Crippen MR) is 53.1 cm³/mol. The van der Waals surface area contributed by atoms with Crippen molar-refractivity contribution in [2.75, 3.05) is 0 Å². The van der Waals surface area contributed by atoms with E-state index < -0.39 is 12.0 Å². The maximum atomic E-state index is 10.8. The molecule has 2 rings (SSSR count). The standard InChI is InChI=1S/C11H13NO2/c1-7-9-5-3-2-4-8(9)6-10(12-7)11(13)14/h2-5,7,10,12H,6H2,1H3,(H,13,14)/t7?,10-/m0/s1. The fourth-order valence-corrected chi connectivity index (χ4v) is 1.97. The Morgan fingerprint density at radius 3 is 2.93 bits per heavy atom. The Balaban J connectivity index is 2.33. The maximum Gasteiger partial charge on any atom is 0.321 e. The molecule has 0 saturated heterocycles. The lowest BCUT2D eigenvalue weighted by Crippen LogP contribution is -2.43. The monoisotopic (exact) mass is 191 g/mol. The second-order valence-electron chi connectivity index (χ2n) is 3.68. The molecular weight excluding hydrogens is 178 g/mol. The minimum absolute atomic E-state index is 0.126. The number of carbonyl (C=O) groups is 1. The fourth-order valence-electron chi connectivity index (χ4n) is 1.97. The van der Waals surface area contributed by atoms with Crippen molar-refractivity contribution in [3.05, 3.63) is 35.4 Å². The van der Waals surface area contributed by atoms with Gasteiger partial charge in [-0.1, -0.05) is 24.3 Å². The van der Waals surface area contributed by atoms with Crippen LogP contribution in [0.2, 0.25) is 0 Å². The summed E-state index contributed by atoms with van der Waals surface area (Å²) in [7, 11) is 0. The van der Waals surface area contributed by atoms with Gasteiger partial charge >= 0.3 is 5.97 Å². The third-order valence-corrected chi connectivity index (χ3v) is 2.69. The number of nitrogens with one attached hydrogen (secondary N) is 1. The zero-order chi connectivity index (χ0) is 10.1. The number of fused-ring (bicyclic) bond motifs is 1. The number of rotatable bonds is 1. The van der Waals surface area contributed by atoms with Crippen molar-refractivity contribution >= 4 is 5.97 Å². The summed E-state index contributed by atoms with van der Waals surface area (Å²) in [4.78, 5) is 10.8. The van der Waals surface area contributed by atoms with Crippen molar-refractivity contribution < 1.29 is 9.90 Å². The van der Waals surface area contributed by atoms with Gasteiger partial charge in [0.15, 0.2) is 0 Å². The molecule has 0 fully saturated rings. The zero-order valence-electron chi connectivity index (χ0n) is 8.03. The molecule has 0 aliphatic carbocycles. The van der Waals surface area contributed by atoms with E-state index in [4.69, 9.17) is 5.11 Å². The summed E-state index contributed by atoms with van der Waals surface area (Å²) in [6, 6.07) is 7.67. The van der Waals surface area contributed by atoms with Crippen molar-refractivity contribution in [3.8, 4) is 0 Å². The van der Waals surface area contributed by atoms with Gasteiger partial charge in [-0.2, -0.15) is 0 Å². The molecule has 0 bridgehead atoms. The van der Waals surface area contributed by atoms with E-state index in [2.05, 4.69) is 5.32 Å². The van der Waals surface area contributed by atoms with Crippen molar-refractivity contribution in [3.63, 3.8) is 0 Å². The first-order valence-electron chi connectivity index (χ1n) is 4.75. The van der Waals surface area contributed by atoms with E-state index in [1.54, 1.807) is 0 Å². The SMILES string of the molecule is CC1N[C@H](C(=O)O)Cc2ccccc21. The lowest BCUT2D eigenvalue weighted by molar-refractivity contribution is -0.139. The smallest absolute Gasteiger partial charge is 0.321 e. The first-order chi connectivity index (χ1) is 6.68. The summed E-state index contributed by atoms with van der Waals surface area (Å²) in [5, 5.41) is 12.0. The lowest BCUT2D eigenvalue weighted by atomic mass is 9.91. The van der Waals surface area contributed by atoms with Gasteiger partial charge in [0.25, 0.3) is 0 Å². The van der Waals surface area contributed by atoms with Gasteiger partial charge in [0.1, 0.15) is 6.04 Å². The number of carboxylic acids is 1. The molecular formula is C11H13NO2. The van der Waals surface area contributed by atoms with Gasteiger partial charge in [0.05, 0.1) is 0 Å². The second-order valence-corrected chi connectivity index (χ2v) is 3.68. The van der Waals surface area contributed by atoms with Crippen molar-refractivity contribution in [2.45, 2.75) is 25.4 Å². The number of hydrogen-bond acceptors (Lipinski definition) is 2. The molecule has 3 nitrogen and oxygen atoms in total. The van der Waals surface area contributed by atoms with Crippen LogP contribution >= 0.6 is 0 Å². The van der Waals surface area contributed by atoms with Crippen molar-refractivity contribution in [1.82, 2.24) is 5.32 Å². The number of carboxylic acid groups (broad SMARTS) is 1. The quantitative estimate of drug-likeness (QED) is 0.704. The normalized spacial score (nSPS) is 25.5. The van der Waals surface area contributed by atoms with Gasteiger partial charge in [-0.25, -0.2) is 0 Å². The highest BCUT2D eigenvalue weighted by molar-refractivity contribution is 5.74. The van der Waals surface area contributed by atoms with Crippen molar-refractivity contribution in [2.24, 2.45) is 0 Å². The third kappa shape index (κ3) is 1.51. The molecule has 14 heavy (non-hydrogen) atoms. The van der Waals surface area contributed by atoms with Gasteiger partial charge < -0.3 is 5.11 Å². The highest BCUT2D eigenvalue weighted by Gasteiger charge is 2.27. The van der Waals surface area contributed by atoms with Crippen LogP contribution in [0, 0.1) is 0 Å². The Morgan fingerprint density at radius 2 is 2.21 bits per heavy atom. The Hall–Kier alpha value is -1.35. The Bertz CT molecular complexity index is 362. The highest BCUT2D eigenvalue weighted by atomic mass is 16.4. The third-order valence-electron chi connectivity index (χ3n) is 2.69. The average Bonchev–Trinajstić information content (AvgIpc) is 2.17. The van der Waals surface area contributed by atoms with Gasteiger partial charge in [-0.05, 0) is 24.5 Å². The van der Waals surface area contributed by atoms with E-state index in [1.165, 1.54) is 5.56 Å². The van der Waals surface area contributed by atoms with Crippen LogP contribution in [0.5, 0.6) is 0 Å². The predicted octanol–water partition coefficient (Wildman–Crippen LogP) is 1.35. The Kier molecular flexibility index (Phi) is 2.25. The van der Waals surface area contributed by atoms with E-state index >= 15 is 0 Å². The van der Waals surface area contributed by atoms with Crippen LogP contribution in [0.1, 0.15) is 24.1 Å². The van der Waals surface area contributed by atoms with Gasteiger partial charge in [-0.15, -0.1) is 0 Å². The molecule has 0 spiro atoms. The summed E-state index contributed by atoms with van der Waals surface area (Å²) in [6.45, 7) is 1.99. The highest BCUT2D eigenvalue weighted by Crippen LogP contribution is 2.24. The summed E-state index contributed by atoms with van der Waals surface area (Å²) in [5.41, 5.74) is 2.36. The minimum atomic E-state index is -0.772. The molecule has 1 aliphatic rings. The number of benzene rings is 1. The first kappa shape index (κ1) is 9.21. The van der Waals surface area contributed by atoms with Crippen LogP contribution in [0.3, 0.4) is 0 Å². The van der Waals surface area contributed by atoms with Crippen LogP contribution in [-0.2, 0) is 11.2 Å². The maximum absolute atomic E-state index is 10.8. The summed E-state index contributed by atoms with van der Waals surface area (Å²) in [5.74, 6) is -0.772. The molecule has 1 aliphatic heterocycles. The molecule has 1 unspecified atom stereocenters. The summed E-state index contributed by atoms with van der Waals surface area (Å²) < 4.78 is 0. The first-order valence-corrected chi connectivity index (χ1v) is 4.75. The van der Waals surface area contributed by atoms with Gasteiger partial charge in [0.2, 0.25) is 0 Å². The van der Waals surface area contributed by atoms with E-state index in [0.29, 0.717) is 6.42 Å². The largest absolute Gasteiger partial charge is 0.480 e. The Labute approximate surface area is 82.8 Å². The molecule has 0 aromatic heterocycles. The van der Waals surface area contributed by atoms with E-state index in [0.717, 1.165) is 5.56 Å². The molecule has 0 amide bonds.